The van der Waals surface area contributed by atoms with Crippen LogP contribution in [0.1, 0.15) is 38.5 Å². The molecule has 0 radical (unpaired) electrons. The Labute approximate surface area is 87.1 Å². The van der Waals surface area contributed by atoms with Crippen LogP contribution in [0.4, 0.5) is 0 Å². The average Bonchev–Trinajstić information content (AvgIpc) is 2.05. The van der Waals surface area contributed by atoms with Crippen LogP contribution in [0.2, 0.25) is 0 Å². The molecule has 72 valence electrons. The summed E-state index contributed by atoms with van der Waals surface area (Å²) in [5.41, 5.74) is 0. The minimum atomic E-state index is 1.18. The third-order valence-electron chi connectivity index (χ3n) is 1.90. The van der Waals surface area contributed by atoms with Crippen molar-refractivity contribution in [1.29, 1.82) is 0 Å². The molecule has 0 aromatic heterocycles. The second-order valence-corrected chi connectivity index (χ2v) is 7.06. The van der Waals surface area contributed by atoms with Gasteiger partial charge in [-0.3, -0.25) is 4.72 Å². The van der Waals surface area contributed by atoms with Crippen LogP contribution in [0.5, 0.6) is 0 Å². The van der Waals surface area contributed by atoms with E-state index in [0.717, 1.165) is 0 Å². The van der Waals surface area contributed by atoms with E-state index in [1.165, 1.54) is 50.8 Å². The molecule has 1 fully saturated rings. The number of hydrogen-bond donors (Lipinski definition) is 1. The van der Waals surface area contributed by atoms with Crippen LogP contribution in [0.25, 0.3) is 0 Å². The Morgan fingerprint density at radius 2 is 1.58 bits per heavy atom. The lowest BCUT2D eigenvalue weighted by Gasteiger charge is -2.05. The van der Waals surface area contributed by atoms with E-state index in [9.17, 15) is 0 Å². The SMILES string of the molecule is C1CCCCSSSNCCC1. The molecule has 1 rings (SSSR count). The zero-order valence-electron chi connectivity index (χ0n) is 7.38. The highest BCUT2D eigenvalue weighted by Crippen LogP contribution is 2.33. The number of hydrogen-bond acceptors (Lipinski definition) is 4. The maximum absolute atomic E-state index is 3.36. The standard InChI is InChI=1S/C8H17NS3/c1-2-4-6-8-10-12-11-9-7-5-3-1/h9H,1-8H2. The van der Waals surface area contributed by atoms with E-state index in [-0.39, 0.29) is 0 Å². The molecule has 1 N–H and O–H groups in total. The summed E-state index contributed by atoms with van der Waals surface area (Å²) in [4.78, 5) is 0. The topological polar surface area (TPSA) is 12.0 Å². The molecule has 1 aliphatic rings. The summed E-state index contributed by atoms with van der Waals surface area (Å²) in [6.45, 7) is 1.18. The Kier molecular flexibility index (Phi) is 7.95. The molecule has 1 heterocycles. The van der Waals surface area contributed by atoms with Crippen LogP contribution in [0.15, 0.2) is 0 Å². The first-order valence-corrected chi connectivity index (χ1v) is 8.33. The minimum absolute atomic E-state index is 1.18. The summed E-state index contributed by atoms with van der Waals surface area (Å²) in [6, 6.07) is 0. The monoisotopic (exact) mass is 223 g/mol. The van der Waals surface area contributed by atoms with Crippen molar-refractivity contribution in [2.24, 2.45) is 0 Å². The van der Waals surface area contributed by atoms with Crippen LogP contribution in [0, 0.1) is 0 Å². The van der Waals surface area contributed by atoms with Crippen molar-refractivity contribution in [3.63, 3.8) is 0 Å². The molecule has 0 saturated carbocycles. The van der Waals surface area contributed by atoms with E-state index >= 15 is 0 Å². The second kappa shape index (κ2) is 8.60. The lowest BCUT2D eigenvalue weighted by molar-refractivity contribution is 0.608. The van der Waals surface area contributed by atoms with Gasteiger partial charge in [-0.05, 0) is 22.7 Å². The molecule has 1 aliphatic heterocycles. The predicted molar refractivity (Wildman–Crippen MR) is 63.3 cm³/mol. The van der Waals surface area contributed by atoms with E-state index in [1.807, 2.05) is 20.6 Å². The lowest BCUT2D eigenvalue weighted by atomic mass is 10.1. The first kappa shape index (κ1) is 11.1. The van der Waals surface area contributed by atoms with E-state index < -0.39 is 0 Å². The van der Waals surface area contributed by atoms with Gasteiger partial charge < -0.3 is 0 Å². The van der Waals surface area contributed by atoms with Crippen molar-refractivity contribution < 1.29 is 0 Å². The number of rotatable bonds is 0. The highest BCUT2D eigenvalue weighted by Gasteiger charge is 1.96. The maximum Gasteiger partial charge on any atom is 0.00666 e. The van der Waals surface area contributed by atoms with E-state index in [0.29, 0.717) is 0 Å². The molecule has 0 aromatic rings. The van der Waals surface area contributed by atoms with Gasteiger partial charge in [-0.15, -0.1) is 0 Å². The number of nitrogens with one attached hydrogen (secondary N) is 1. The van der Waals surface area contributed by atoms with Crippen LogP contribution >= 0.6 is 31.6 Å². The van der Waals surface area contributed by atoms with Gasteiger partial charge in [0, 0.05) is 23.3 Å². The normalized spacial score (nSPS) is 24.0. The van der Waals surface area contributed by atoms with Gasteiger partial charge in [0.2, 0.25) is 0 Å². The van der Waals surface area contributed by atoms with Crippen molar-refractivity contribution in [3.05, 3.63) is 0 Å². The van der Waals surface area contributed by atoms with Crippen molar-refractivity contribution in [2.75, 3.05) is 12.3 Å². The van der Waals surface area contributed by atoms with E-state index in [1.54, 1.807) is 11.0 Å². The third-order valence-corrected chi connectivity index (χ3v) is 5.66. The van der Waals surface area contributed by atoms with Gasteiger partial charge in [0.25, 0.3) is 0 Å². The van der Waals surface area contributed by atoms with Gasteiger partial charge >= 0.3 is 0 Å². The van der Waals surface area contributed by atoms with Crippen LogP contribution in [-0.2, 0) is 0 Å². The first-order valence-electron chi connectivity index (χ1n) is 4.68. The molecular formula is C8H17NS3. The van der Waals surface area contributed by atoms with Gasteiger partial charge in [0.15, 0.2) is 0 Å². The highest BCUT2D eigenvalue weighted by molar-refractivity contribution is 9.09. The maximum atomic E-state index is 3.36. The summed E-state index contributed by atoms with van der Waals surface area (Å²) in [6.07, 6.45) is 8.47. The van der Waals surface area contributed by atoms with Gasteiger partial charge in [-0.2, -0.15) is 0 Å². The molecule has 0 bridgehead atoms. The highest BCUT2D eigenvalue weighted by atomic mass is 33.5. The Hall–Kier alpha value is 1.01. The summed E-state index contributed by atoms with van der Waals surface area (Å²) in [5, 5.41) is 0. The third kappa shape index (κ3) is 6.52. The molecule has 4 heteroatoms. The predicted octanol–water partition coefficient (Wildman–Crippen LogP) is 3.87. The fourth-order valence-electron chi connectivity index (χ4n) is 1.19. The molecule has 0 spiro atoms. The van der Waals surface area contributed by atoms with Crippen molar-refractivity contribution in [2.45, 2.75) is 38.5 Å². The van der Waals surface area contributed by atoms with Crippen LogP contribution in [-0.4, -0.2) is 12.3 Å². The molecule has 12 heavy (non-hydrogen) atoms. The molecule has 0 unspecified atom stereocenters. The van der Waals surface area contributed by atoms with Gasteiger partial charge in [0.05, 0.1) is 0 Å². The lowest BCUT2D eigenvalue weighted by Crippen LogP contribution is -2.03. The Morgan fingerprint density at radius 1 is 0.833 bits per heavy atom. The van der Waals surface area contributed by atoms with Crippen molar-refractivity contribution in [1.82, 2.24) is 4.72 Å². The molecule has 1 nitrogen and oxygen atoms in total. The minimum Gasteiger partial charge on any atom is -0.254 e. The first-order chi connectivity index (χ1) is 6.00. The summed E-state index contributed by atoms with van der Waals surface area (Å²) in [5.74, 6) is 1.32. The van der Waals surface area contributed by atoms with Crippen molar-refractivity contribution >= 4 is 31.6 Å². The summed E-state index contributed by atoms with van der Waals surface area (Å²) < 4.78 is 3.36. The Balaban J connectivity index is 2.00. The summed E-state index contributed by atoms with van der Waals surface area (Å²) in [7, 11) is 5.67. The zero-order valence-corrected chi connectivity index (χ0v) is 9.83. The molecule has 1 saturated heterocycles. The van der Waals surface area contributed by atoms with Gasteiger partial charge in [-0.25, -0.2) is 0 Å². The Morgan fingerprint density at radius 3 is 2.50 bits per heavy atom. The molecule has 0 atom stereocenters. The fraction of sp³-hybridized carbons (Fsp3) is 1.00. The zero-order chi connectivity index (χ0) is 8.49. The van der Waals surface area contributed by atoms with Crippen LogP contribution < -0.4 is 4.72 Å². The van der Waals surface area contributed by atoms with Gasteiger partial charge in [-0.1, -0.05) is 36.5 Å². The molecule has 0 amide bonds. The molecule has 0 aromatic carbocycles. The van der Waals surface area contributed by atoms with E-state index in [2.05, 4.69) is 4.72 Å². The van der Waals surface area contributed by atoms with E-state index in [4.69, 9.17) is 0 Å². The summed E-state index contributed by atoms with van der Waals surface area (Å²) >= 11 is 0. The second-order valence-electron chi connectivity index (χ2n) is 2.99. The van der Waals surface area contributed by atoms with Crippen molar-refractivity contribution in [3.8, 4) is 0 Å². The molecular weight excluding hydrogens is 206 g/mol. The molecule has 0 aliphatic carbocycles. The van der Waals surface area contributed by atoms with Crippen LogP contribution in [0.3, 0.4) is 0 Å². The average molecular weight is 223 g/mol. The quantitative estimate of drug-likeness (QED) is 0.494. The smallest absolute Gasteiger partial charge is 0.00666 e. The largest absolute Gasteiger partial charge is 0.254 e. The fourth-order valence-corrected chi connectivity index (χ4v) is 4.48. The van der Waals surface area contributed by atoms with Gasteiger partial charge in [0.1, 0.15) is 0 Å². The Bertz CT molecular complexity index is 57.3.